The van der Waals surface area contributed by atoms with Gasteiger partial charge in [0.2, 0.25) is 0 Å². The molecule has 1 rings (SSSR count). The molecule has 1 aromatic rings. The van der Waals surface area contributed by atoms with Crippen LogP contribution in [0.15, 0.2) is 22.6 Å². The molecule has 0 bridgehead atoms. The summed E-state index contributed by atoms with van der Waals surface area (Å²) in [5.74, 6) is 0. The van der Waals surface area contributed by atoms with Gasteiger partial charge >= 0.3 is 6.18 Å². The third-order valence-corrected chi connectivity index (χ3v) is 1.58. The Bertz CT molecular complexity index is 579. The maximum absolute atomic E-state index is 12.8. The fraction of sp³-hybridized carbons (Fsp3) is 0.222. The smallest absolute Gasteiger partial charge is 0.198 e. The highest BCUT2D eigenvalue weighted by Gasteiger charge is 2.30. The minimum Gasteiger partial charge on any atom is -0.198 e. The van der Waals surface area contributed by atoms with Gasteiger partial charge in [-0.25, -0.2) is 0 Å². The second kappa shape index (κ2) is 4.01. The number of benzene rings is 1. The van der Waals surface area contributed by atoms with Crippen molar-refractivity contribution in [2.24, 2.45) is 0 Å². The van der Waals surface area contributed by atoms with Crippen molar-refractivity contribution in [3.05, 3.63) is 33.7 Å². The Balaban J connectivity index is 3.89. The summed E-state index contributed by atoms with van der Waals surface area (Å²) in [6.45, 7) is 0. The van der Waals surface area contributed by atoms with Crippen LogP contribution >= 0.6 is 15.9 Å². The number of nitriles is 1. The molecule has 1 aromatic carbocycles. The second-order valence-corrected chi connectivity index (χ2v) is 2.97. The summed E-state index contributed by atoms with van der Waals surface area (Å²) in [6.07, 6.45) is -7.98. The minimum atomic E-state index is -5.05. The third kappa shape index (κ3) is 2.74. The molecule has 0 heterocycles. The van der Waals surface area contributed by atoms with Gasteiger partial charge in [-0.1, -0.05) is 15.9 Å². The van der Waals surface area contributed by atoms with Gasteiger partial charge in [0, 0.05) is 7.21 Å². The molecule has 0 amide bonds. The van der Waals surface area contributed by atoms with E-state index in [-0.39, 0.29) is 0 Å². The van der Waals surface area contributed by atoms with E-state index in [0.29, 0.717) is 0 Å². The van der Waals surface area contributed by atoms with Crippen LogP contribution in [0.5, 0.6) is 0 Å². The van der Waals surface area contributed by atoms with Crippen molar-refractivity contribution in [1.29, 1.82) is 5.26 Å². The molecule has 0 aromatic heterocycles. The van der Waals surface area contributed by atoms with E-state index in [1.165, 1.54) is 0 Å². The lowest BCUT2D eigenvalue weighted by Crippen LogP contribution is -2.05. The molecule has 0 atom stereocenters. The van der Waals surface area contributed by atoms with Crippen LogP contribution in [0.4, 0.5) is 13.2 Å². The van der Waals surface area contributed by atoms with Gasteiger partial charge in [-0.2, -0.15) is 18.4 Å². The summed E-state index contributed by atoms with van der Waals surface area (Å²) in [7, 11) is 0. The normalized spacial score (nSPS) is 17.2. The first-order valence-corrected chi connectivity index (χ1v) is 4.02. The molecule has 0 aliphatic heterocycles. The van der Waals surface area contributed by atoms with E-state index >= 15 is 0 Å². The monoisotopic (exact) mass is 268 g/mol. The third-order valence-electron chi connectivity index (χ3n) is 1.18. The number of nitrogens with zero attached hydrogens (tertiary/aromatic N) is 1. The summed E-state index contributed by atoms with van der Waals surface area (Å²) >= 11 is 2.59. The van der Waals surface area contributed by atoms with E-state index < -0.39 is 46.3 Å². The van der Waals surface area contributed by atoms with Gasteiger partial charge < -0.3 is 0 Å². The number of alkyl halides is 3. The lowest BCUT2D eigenvalue weighted by atomic mass is 10.1. The maximum atomic E-state index is 12.8. The predicted octanol–water partition coefficient (Wildman–Crippen LogP) is 3.53. The van der Waals surface area contributed by atoms with E-state index in [9.17, 15) is 13.2 Å². The lowest BCUT2D eigenvalue weighted by Gasteiger charge is -2.08. The van der Waals surface area contributed by atoms with Crippen molar-refractivity contribution in [3.8, 4) is 6.07 Å². The van der Waals surface area contributed by atoms with Crippen molar-refractivity contribution < 1.29 is 20.0 Å². The first kappa shape index (κ1) is 5.76. The molecule has 5 heteroatoms. The number of halogens is 4. The number of hydrogen-bond donors (Lipinski definition) is 0. The van der Waals surface area contributed by atoms with Crippen LogP contribution in [0.2, 0.25) is 0 Å². The Labute approximate surface area is 94.3 Å². The van der Waals surface area contributed by atoms with Gasteiger partial charge in [0.1, 0.15) is 0 Å². The minimum absolute atomic E-state index is 0.607. The molecule has 14 heavy (non-hydrogen) atoms. The Morgan fingerprint density at radius 3 is 2.64 bits per heavy atom. The highest BCUT2D eigenvalue weighted by Crippen LogP contribution is 2.31. The molecule has 0 aliphatic carbocycles. The van der Waals surface area contributed by atoms with Crippen LogP contribution < -0.4 is 0 Å². The Morgan fingerprint density at radius 2 is 2.14 bits per heavy atom. The van der Waals surface area contributed by atoms with Crippen LogP contribution in [0, 0.1) is 11.3 Å². The fourth-order valence-electron chi connectivity index (χ4n) is 0.698. The van der Waals surface area contributed by atoms with Gasteiger partial charge in [0.25, 0.3) is 0 Å². The van der Waals surface area contributed by atoms with E-state index in [1.54, 1.807) is 0 Å². The SMILES string of the molecule is [2H]c1c(Br)c([2H])c(C([2H])([2H])C#N)c([2H])c1C(F)(F)F. The van der Waals surface area contributed by atoms with E-state index in [2.05, 4.69) is 15.9 Å². The Kier molecular flexibility index (Phi) is 1.65. The number of rotatable bonds is 1. The van der Waals surface area contributed by atoms with Gasteiger partial charge in [0.15, 0.2) is 0 Å². The maximum Gasteiger partial charge on any atom is 0.416 e. The van der Waals surface area contributed by atoms with Crippen molar-refractivity contribution in [3.63, 3.8) is 0 Å². The molecular formula is C9H5BrF3N. The predicted molar refractivity (Wildman–Crippen MR) is 48.5 cm³/mol. The molecule has 0 spiro atoms. The van der Waals surface area contributed by atoms with Crippen molar-refractivity contribution in [1.82, 2.24) is 0 Å². The molecule has 0 aliphatic rings. The van der Waals surface area contributed by atoms with Gasteiger partial charge in [-0.3, -0.25) is 0 Å². The van der Waals surface area contributed by atoms with Crippen LogP contribution in [0.1, 0.15) is 18.0 Å². The van der Waals surface area contributed by atoms with Gasteiger partial charge in [-0.15, -0.1) is 0 Å². The molecule has 0 saturated heterocycles. The zero-order chi connectivity index (χ0) is 15.2. The molecule has 0 N–H and O–H groups in total. The zero-order valence-electron chi connectivity index (χ0n) is 11.5. The second-order valence-electron chi connectivity index (χ2n) is 2.17. The molecule has 0 fully saturated rings. The van der Waals surface area contributed by atoms with Crippen LogP contribution in [0.25, 0.3) is 0 Å². The molecule has 74 valence electrons. The molecule has 0 unspecified atom stereocenters. The van der Waals surface area contributed by atoms with Gasteiger partial charge in [0.05, 0.1) is 22.1 Å². The average Bonchev–Trinajstić information content (AvgIpc) is 2.24. The van der Waals surface area contributed by atoms with Crippen molar-refractivity contribution >= 4 is 15.9 Å². The van der Waals surface area contributed by atoms with E-state index in [4.69, 9.17) is 12.1 Å². The fourth-order valence-corrected chi connectivity index (χ4v) is 1.09. The van der Waals surface area contributed by atoms with Crippen LogP contribution in [0.3, 0.4) is 0 Å². The summed E-state index contributed by atoms with van der Waals surface area (Å²) in [5, 5.41) is 8.62. The first-order chi connectivity index (χ1) is 8.45. The Hall–Kier alpha value is -1.02. The molecular weight excluding hydrogens is 259 g/mol. The summed E-state index contributed by atoms with van der Waals surface area (Å²) in [6, 6.07) is -2.19. The largest absolute Gasteiger partial charge is 0.416 e. The Morgan fingerprint density at radius 1 is 1.50 bits per heavy atom. The standard InChI is InChI=1S/C9H5BrF3N/c10-8-4-6(1-2-14)3-7(5-8)9(11,12)13/h3-5H,1H2/i1D2,3D,4D,5D. The van der Waals surface area contributed by atoms with E-state index in [1.807, 2.05) is 0 Å². The zero-order valence-corrected chi connectivity index (χ0v) is 8.05. The molecule has 0 radical (unpaired) electrons. The lowest BCUT2D eigenvalue weighted by molar-refractivity contribution is -0.137. The van der Waals surface area contributed by atoms with Crippen molar-refractivity contribution in [2.75, 3.05) is 0 Å². The van der Waals surface area contributed by atoms with E-state index in [0.717, 1.165) is 6.07 Å². The number of hydrogen-bond acceptors (Lipinski definition) is 1. The van der Waals surface area contributed by atoms with Crippen LogP contribution in [-0.2, 0) is 12.5 Å². The molecule has 1 nitrogen and oxygen atoms in total. The highest BCUT2D eigenvalue weighted by molar-refractivity contribution is 9.10. The topological polar surface area (TPSA) is 23.8 Å². The van der Waals surface area contributed by atoms with Gasteiger partial charge in [-0.05, 0) is 23.7 Å². The quantitative estimate of drug-likeness (QED) is 0.765. The average molecular weight is 269 g/mol. The highest BCUT2D eigenvalue weighted by atomic mass is 79.9. The summed E-state index contributed by atoms with van der Waals surface area (Å²) in [4.78, 5) is 0. The first-order valence-electron chi connectivity index (χ1n) is 5.73. The summed E-state index contributed by atoms with van der Waals surface area (Å²) < 4.78 is 74.4. The molecule has 0 saturated carbocycles. The van der Waals surface area contributed by atoms with Crippen molar-refractivity contribution in [2.45, 2.75) is 12.5 Å². The van der Waals surface area contributed by atoms with Crippen LogP contribution in [-0.4, -0.2) is 0 Å². The summed E-state index contributed by atoms with van der Waals surface area (Å²) in [5.41, 5.74) is -2.69.